The maximum atomic E-state index is 5.74. The smallest absolute Gasteiger partial charge is 0.226 e. The molecule has 5 nitrogen and oxygen atoms in total. The SMILES string of the molecule is COc1ccnc(NC2(CN)CCC2)n1. The number of nitrogens with two attached hydrogens (primary N) is 1. The first-order chi connectivity index (χ1) is 7.28. The second kappa shape index (κ2) is 4.02. The van der Waals surface area contributed by atoms with Crippen LogP contribution in [0.4, 0.5) is 5.95 Å². The molecule has 3 N–H and O–H groups in total. The minimum absolute atomic E-state index is 0.00631. The zero-order chi connectivity index (χ0) is 10.7. The fourth-order valence-electron chi connectivity index (χ4n) is 1.74. The third-order valence-corrected chi connectivity index (χ3v) is 2.92. The van der Waals surface area contributed by atoms with Crippen LogP contribution >= 0.6 is 0 Å². The number of rotatable bonds is 4. The van der Waals surface area contributed by atoms with Crippen LogP contribution in [-0.2, 0) is 0 Å². The Balaban J connectivity index is 2.09. The molecule has 15 heavy (non-hydrogen) atoms. The molecular formula is C10H16N4O. The Hall–Kier alpha value is -1.36. The fourth-order valence-corrected chi connectivity index (χ4v) is 1.74. The molecule has 0 atom stereocenters. The van der Waals surface area contributed by atoms with Crippen molar-refractivity contribution in [3.8, 4) is 5.88 Å². The summed E-state index contributed by atoms with van der Waals surface area (Å²) in [5.41, 5.74) is 5.74. The van der Waals surface area contributed by atoms with E-state index < -0.39 is 0 Å². The fraction of sp³-hybridized carbons (Fsp3) is 0.600. The number of anilines is 1. The van der Waals surface area contributed by atoms with Crippen LogP contribution in [0, 0.1) is 0 Å². The molecule has 0 unspecified atom stereocenters. The van der Waals surface area contributed by atoms with Crippen LogP contribution in [0.1, 0.15) is 19.3 Å². The molecule has 0 spiro atoms. The Labute approximate surface area is 89.1 Å². The Kier molecular flexibility index (Phi) is 2.73. The number of nitrogens with one attached hydrogen (secondary N) is 1. The molecule has 1 saturated carbocycles. The van der Waals surface area contributed by atoms with Gasteiger partial charge in [0.25, 0.3) is 0 Å². The highest BCUT2D eigenvalue weighted by atomic mass is 16.5. The molecule has 1 fully saturated rings. The molecule has 0 radical (unpaired) electrons. The summed E-state index contributed by atoms with van der Waals surface area (Å²) < 4.78 is 5.03. The lowest BCUT2D eigenvalue weighted by Gasteiger charge is -2.41. The predicted octanol–water partition coefficient (Wildman–Crippen LogP) is 0.778. The highest BCUT2D eigenvalue weighted by Crippen LogP contribution is 2.33. The Morgan fingerprint density at radius 1 is 1.60 bits per heavy atom. The summed E-state index contributed by atoms with van der Waals surface area (Å²) >= 11 is 0. The third kappa shape index (κ3) is 2.02. The molecule has 0 aromatic carbocycles. The van der Waals surface area contributed by atoms with Gasteiger partial charge in [0, 0.05) is 18.8 Å². The van der Waals surface area contributed by atoms with E-state index in [0.29, 0.717) is 18.4 Å². The van der Waals surface area contributed by atoms with E-state index in [4.69, 9.17) is 10.5 Å². The Bertz CT molecular complexity index is 332. The summed E-state index contributed by atoms with van der Waals surface area (Å²) in [6.07, 6.45) is 5.07. The van der Waals surface area contributed by atoms with E-state index in [1.807, 2.05) is 0 Å². The first-order valence-electron chi connectivity index (χ1n) is 5.13. The first kappa shape index (κ1) is 10.2. The second-order valence-electron chi connectivity index (χ2n) is 3.89. The topological polar surface area (TPSA) is 73.1 Å². The standard InChI is InChI=1S/C10H16N4O/c1-15-8-3-6-12-9(13-8)14-10(7-11)4-2-5-10/h3,6H,2,4-5,7,11H2,1H3,(H,12,13,14). The normalized spacial score (nSPS) is 18.0. The molecule has 1 aromatic heterocycles. The van der Waals surface area contributed by atoms with Crippen molar-refractivity contribution in [2.45, 2.75) is 24.8 Å². The lowest BCUT2D eigenvalue weighted by Crippen LogP contribution is -2.51. The van der Waals surface area contributed by atoms with Gasteiger partial charge in [-0.3, -0.25) is 0 Å². The second-order valence-corrected chi connectivity index (χ2v) is 3.89. The third-order valence-electron chi connectivity index (χ3n) is 2.92. The maximum Gasteiger partial charge on any atom is 0.226 e. The average molecular weight is 208 g/mol. The van der Waals surface area contributed by atoms with Crippen molar-refractivity contribution < 1.29 is 4.74 Å². The van der Waals surface area contributed by atoms with Gasteiger partial charge >= 0.3 is 0 Å². The largest absolute Gasteiger partial charge is 0.481 e. The lowest BCUT2D eigenvalue weighted by atomic mass is 9.77. The molecule has 5 heteroatoms. The van der Waals surface area contributed by atoms with Crippen molar-refractivity contribution in [1.29, 1.82) is 0 Å². The number of nitrogens with zero attached hydrogens (tertiary/aromatic N) is 2. The molecule has 2 rings (SSSR count). The maximum absolute atomic E-state index is 5.74. The van der Waals surface area contributed by atoms with Crippen molar-refractivity contribution in [3.63, 3.8) is 0 Å². The average Bonchev–Trinajstić information content (AvgIpc) is 2.24. The van der Waals surface area contributed by atoms with Crippen molar-refractivity contribution >= 4 is 5.95 Å². The Morgan fingerprint density at radius 2 is 2.40 bits per heavy atom. The quantitative estimate of drug-likeness (QED) is 0.765. The van der Waals surface area contributed by atoms with E-state index >= 15 is 0 Å². The van der Waals surface area contributed by atoms with Crippen LogP contribution in [-0.4, -0.2) is 29.2 Å². The number of hydrogen-bond donors (Lipinski definition) is 2. The van der Waals surface area contributed by atoms with Gasteiger partial charge in [0.2, 0.25) is 11.8 Å². The number of hydrogen-bond acceptors (Lipinski definition) is 5. The molecule has 82 valence electrons. The number of aromatic nitrogens is 2. The van der Waals surface area contributed by atoms with Crippen LogP contribution in [0.3, 0.4) is 0 Å². The van der Waals surface area contributed by atoms with Gasteiger partial charge in [-0.05, 0) is 19.3 Å². The molecule has 1 aliphatic rings. The molecular weight excluding hydrogens is 192 g/mol. The summed E-state index contributed by atoms with van der Waals surface area (Å²) in [6.45, 7) is 0.619. The molecule has 1 aromatic rings. The Morgan fingerprint density at radius 3 is 2.93 bits per heavy atom. The minimum atomic E-state index is 0.00631. The van der Waals surface area contributed by atoms with Crippen molar-refractivity contribution in [3.05, 3.63) is 12.3 Å². The van der Waals surface area contributed by atoms with Crippen molar-refractivity contribution in [1.82, 2.24) is 9.97 Å². The van der Waals surface area contributed by atoms with E-state index in [1.165, 1.54) is 6.42 Å². The van der Waals surface area contributed by atoms with E-state index in [9.17, 15) is 0 Å². The van der Waals surface area contributed by atoms with E-state index in [-0.39, 0.29) is 5.54 Å². The zero-order valence-corrected chi connectivity index (χ0v) is 8.86. The monoisotopic (exact) mass is 208 g/mol. The van der Waals surface area contributed by atoms with Gasteiger partial charge in [0.1, 0.15) is 0 Å². The van der Waals surface area contributed by atoms with Gasteiger partial charge in [0.15, 0.2) is 0 Å². The zero-order valence-electron chi connectivity index (χ0n) is 8.86. The van der Waals surface area contributed by atoms with Crippen LogP contribution in [0.15, 0.2) is 12.3 Å². The summed E-state index contributed by atoms with van der Waals surface area (Å²) in [5.74, 6) is 1.17. The van der Waals surface area contributed by atoms with E-state index in [2.05, 4.69) is 15.3 Å². The van der Waals surface area contributed by atoms with Gasteiger partial charge in [-0.1, -0.05) is 0 Å². The minimum Gasteiger partial charge on any atom is -0.481 e. The van der Waals surface area contributed by atoms with Gasteiger partial charge in [-0.15, -0.1) is 0 Å². The first-order valence-corrected chi connectivity index (χ1v) is 5.13. The van der Waals surface area contributed by atoms with Gasteiger partial charge < -0.3 is 15.8 Å². The predicted molar refractivity (Wildman–Crippen MR) is 57.8 cm³/mol. The highest BCUT2D eigenvalue weighted by molar-refractivity contribution is 5.33. The van der Waals surface area contributed by atoms with Gasteiger partial charge in [-0.2, -0.15) is 4.98 Å². The lowest BCUT2D eigenvalue weighted by molar-refractivity contribution is 0.285. The molecule has 0 amide bonds. The highest BCUT2D eigenvalue weighted by Gasteiger charge is 2.36. The molecule has 1 aliphatic carbocycles. The summed E-state index contributed by atoms with van der Waals surface area (Å²) in [7, 11) is 1.59. The molecule has 0 bridgehead atoms. The van der Waals surface area contributed by atoms with Gasteiger partial charge in [0.05, 0.1) is 12.6 Å². The van der Waals surface area contributed by atoms with Gasteiger partial charge in [-0.25, -0.2) is 4.98 Å². The number of methoxy groups -OCH3 is 1. The van der Waals surface area contributed by atoms with Crippen LogP contribution in [0.5, 0.6) is 5.88 Å². The van der Waals surface area contributed by atoms with Crippen molar-refractivity contribution in [2.75, 3.05) is 19.0 Å². The summed E-state index contributed by atoms with van der Waals surface area (Å²) in [5, 5.41) is 3.29. The van der Waals surface area contributed by atoms with Crippen molar-refractivity contribution in [2.24, 2.45) is 5.73 Å². The van der Waals surface area contributed by atoms with E-state index in [1.54, 1.807) is 19.4 Å². The molecule has 1 heterocycles. The molecule has 0 aliphatic heterocycles. The summed E-state index contributed by atoms with van der Waals surface area (Å²) in [4.78, 5) is 8.35. The van der Waals surface area contributed by atoms with Crippen LogP contribution in [0.25, 0.3) is 0 Å². The summed E-state index contributed by atoms with van der Waals surface area (Å²) in [6, 6.07) is 1.72. The van der Waals surface area contributed by atoms with Crippen LogP contribution in [0.2, 0.25) is 0 Å². The van der Waals surface area contributed by atoms with E-state index in [0.717, 1.165) is 12.8 Å². The van der Waals surface area contributed by atoms with Crippen LogP contribution < -0.4 is 15.8 Å². The number of ether oxygens (including phenoxy) is 1. The molecule has 0 saturated heterocycles.